The summed E-state index contributed by atoms with van der Waals surface area (Å²) in [7, 11) is 0. The number of morpholine rings is 1. The van der Waals surface area contributed by atoms with Gasteiger partial charge in [-0.15, -0.1) is 0 Å². The largest absolute Gasteiger partial charge is 0.379 e. The molecule has 0 radical (unpaired) electrons. The van der Waals surface area contributed by atoms with E-state index < -0.39 is 0 Å². The monoisotopic (exact) mass is 433 g/mol. The van der Waals surface area contributed by atoms with Crippen molar-refractivity contribution in [2.45, 2.75) is 33.2 Å². The number of carbonyl (C=O) groups excluding carboxylic acids is 1. The Bertz CT molecular complexity index is 823. The van der Waals surface area contributed by atoms with Crippen molar-refractivity contribution in [2.75, 3.05) is 32.8 Å². The SMILES string of the molecule is Cc1cc(C(=O)NCC(C)(C)N2CCOCC2)c(C)n1-c1cccc(Br)c1. The molecule has 2 heterocycles. The minimum absolute atomic E-state index is 0.0225. The fourth-order valence-electron chi connectivity index (χ4n) is 3.68. The third kappa shape index (κ3) is 4.45. The molecule has 146 valence electrons. The molecule has 0 spiro atoms. The van der Waals surface area contributed by atoms with Crippen molar-refractivity contribution in [1.29, 1.82) is 0 Å². The zero-order chi connectivity index (χ0) is 19.6. The Morgan fingerprint density at radius 3 is 2.59 bits per heavy atom. The van der Waals surface area contributed by atoms with Crippen LogP contribution in [0.3, 0.4) is 0 Å². The molecule has 27 heavy (non-hydrogen) atoms. The molecule has 6 heteroatoms. The fourth-order valence-corrected chi connectivity index (χ4v) is 4.06. The van der Waals surface area contributed by atoms with Crippen molar-refractivity contribution in [3.8, 4) is 5.69 Å². The molecule has 2 aromatic rings. The Hall–Kier alpha value is -1.63. The van der Waals surface area contributed by atoms with Gasteiger partial charge in [-0.25, -0.2) is 0 Å². The van der Waals surface area contributed by atoms with Crippen molar-refractivity contribution in [2.24, 2.45) is 0 Å². The van der Waals surface area contributed by atoms with E-state index in [4.69, 9.17) is 4.74 Å². The molecule has 0 bridgehead atoms. The molecule has 1 N–H and O–H groups in total. The van der Waals surface area contributed by atoms with Gasteiger partial charge in [-0.1, -0.05) is 22.0 Å². The van der Waals surface area contributed by atoms with E-state index in [2.05, 4.69) is 50.6 Å². The number of amides is 1. The quantitative estimate of drug-likeness (QED) is 0.781. The van der Waals surface area contributed by atoms with E-state index in [-0.39, 0.29) is 11.4 Å². The first-order valence-corrected chi connectivity index (χ1v) is 10.1. The summed E-state index contributed by atoms with van der Waals surface area (Å²) in [6, 6.07) is 10.1. The van der Waals surface area contributed by atoms with Gasteiger partial charge < -0.3 is 14.6 Å². The summed E-state index contributed by atoms with van der Waals surface area (Å²) >= 11 is 3.52. The van der Waals surface area contributed by atoms with E-state index in [1.807, 2.05) is 38.1 Å². The van der Waals surface area contributed by atoms with Crippen LogP contribution in [-0.4, -0.2) is 53.8 Å². The van der Waals surface area contributed by atoms with Gasteiger partial charge in [0.2, 0.25) is 0 Å². The van der Waals surface area contributed by atoms with Crippen LogP contribution in [0.2, 0.25) is 0 Å². The number of rotatable bonds is 5. The lowest BCUT2D eigenvalue weighted by molar-refractivity contribution is -0.00923. The molecule has 0 unspecified atom stereocenters. The van der Waals surface area contributed by atoms with Crippen molar-refractivity contribution >= 4 is 21.8 Å². The fraction of sp³-hybridized carbons (Fsp3) is 0.476. The molecule has 0 saturated carbocycles. The number of nitrogens with one attached hydrogen (secondary N) is 1. The Morgan fingerprint density at radius 1 is 1.22 bits per heavy atom. The van der Waals surface area contributed by atoms with Gasteiger partial charge in [0.1, 0.15) is 0 Å². The van der Waals surface area contributed by atoms with E-state index in [0.29, 0.717) is 6.54 Å². The summed E-state index contributed by atoms with van der Waals surface area (Å²) in [6.07, 6.45) is 0. The Morgan fingerprint density at radius 2 is 1.93 bits per heavy atom. The van der Waals surface area contributed by atoms with Crippen LogP contribution in [-0.2, 0) is 4.74 Å². The smallest absolute Gasteiger partial charge is 0.253 e. The van der Waals surface area contributed by atoms with Crippen molar-refractivity contribution < 1.29 is 9.53 Å². The van der Waals surface area contributed by atoms with Gasteiger partial charge in [-0.2, -0.15) is 0 Å². The lowest BCUT2D eigenvalue weighted by Crippen LogP contribution is -2.55. The van der Waals surface area contributed by atoms with Gasteiger partial charge in [0, 0.05) is 46.7 Å². The molecule has 1 aromatic heterocycles. The molecular weight excluding hydrogens is 406 g/mol. The number of nitrogens with zero attached hydrogens (tertiary/aromatic N) is 2. The number of aryl methyl sites for hydroxylation is 1. The number of ether oxygens (including phenoxy) is 1. The molecule has 1 aliphatic rings. The summed E-state index contributed by atoms with van der Waals surface area (Å²) in [5, 5.41) is 3.14. The minimum atomic E-state index is -0.102. The summed E-state index contributed by atoms with van der Waals surface area (Å²) in [4.78, 5) is 15.3. The van der Waals surface area contributed by atoms with Crippen LogP contribution in [0.15, 0.2) is 34.8 Å². The van der Waals surface area contributed by atoms with E-state index in [0.717, 1.165) is 53.4 Å². The van der Waals surface area contributed by atoms with Crippen LogP contribution < -0.4 is 5.32 Å². The van der Waals surface area contributed by atoms with Crippen LogP contribution in [0.5, 0.6) is 0 Å². The Balaban J connectivity index is 1.75. The molecule has 1 aromatic carbocycles. The molecule has 5 nitrogen and oxygen atoms in total. The van der Waals surface area contributed by atoms with E-state index in [1.54, 1.807) is 0 Å². The van der Waals surface area contributed by atoms with Gasteiger partial charge in [0.05, 0.1) is 18.8 Å². The number of carbonyl (C=O) groups is 1. The highest BCUT2D eigenvalue weighted by molar-refractivity contribution is 9.10. The topological polar surface area (TPSA) is 46.5 Å². The highest BCUT2D eigenvalue weighted by atomic mass is 79.9. The highest BCUT2D eigenvalue weighted by Gasteiger charge is 2.29. The maximum atomic E-state index is 12.9. The number of hydrogen-bond donors (Lipinski definition) is 1. The van der Waals surface area contributed by atoms with Crippen LogP contribution in [0.25, 0.3) is 5.69 Å². The standard InChI is InChI=1S/C21H28BrN3O2/c1-15-12-19(16(2)25(15)18-7-5-6-17(22)13-18)20(26)23-14-21(3,4)24-8-10-27-11-9-24/h5-7,12-13H,8-11,14H2,1-4H3,(H,23,26). The van der Waals surface area contributed by atoms with Crippen LogP contribution >= 0.6 is 15.9 Å². The van der Waals surface area contributed by atoms with Crippen molar-refractivity contribution in [3.05, 3.63) is 51.8 Å². The maximum absolute atomic E-state index is 12.9. The first-order valence-electron chi connectivity index (χ1n) is 9.35. The van der Waals surface area contributed by atoms with Gasteiger partial charge in [0.25, 0.3) is 5.91 Å². The predicted molar refractivity (Wildman–Crippen MR) is 112 cm³/mol. The van der Waals surface area contributed by atoms with Crippen LogP contribution in [0.4, 0.5) is 0 Å². The minimum Gasteiger partial charge on any atom is -0.379 e. The van der Waals surface area contributed by atoms with Crippen molar-refractivity contribution in [1.82, 2.24) is 14.8 Å². The molecular formula is C21H28BrN3O2. The third-order valence-corrected chi connectivity index (χ3v) is 5.78. The summed E-state index contributed by atoms with van der Waals surface area (Å²) < 4.78 is 8.57. The van der Waals surface area contributed by atoms with E-state index >= 15 is 0 Å². The Kier molecular flexibility index (Phi) is 6.08. The van der Waals surface area contributed by atoms with Gasteiger partial charge >= 0.3 is 0 Å². The molecule has 0 aliphatic carbocycles. The molecule has 0 atom stereocenters. The zero-order valence-corrected chi connectivity index (χ0v) is 18.1. The predicted octanol–water partition coefficient (Wildman–Crippen LogP) is 3.70. The van der Waals surface area contributed by atoms with E-state index in [1.165, 1.54) is 0 Å². The second-order valence-corrected chi connectivity index (χ2v) is 8.61. The summed E-state index contributed by atoms with van der Waals surface area (Å²) in [6.45, 7) is 12.3. The van der Waals surface area contributed by atoms with E-state index in [9.17, 15) is 4.79 Å². The van der Waals surface area contributed by atoms with Crippen LogP contribution in [0, 0.1) is 13.8 Å². The second kappa shape index (κ2) is 8.17. The second-order valence-electron chi connectivity index (χ2n) is 7.69. The number of hydrogen-bond acceptors (Lipinski definition) is 3. The van der Waals surface area contributed by atoms with Crippen LogP contribution in [0.1, 0.15) is 35.6 Å². The molecule has 1 saturated heterocycles. The summed E-state index contributed by atoms with van der Waals surface area (Å²) in [5.74, 6) is -0.0225. The molecule has 3 rings (SSSR count). The van der Waals surface area contributed by atoms with Crippen molar-refractivity contribution in [3.63, 3.8) is 0 Å². The normalized spacial score (nSPS) is 15.7. The average molecular weight is 434 g/mol. The number of aromatic nitrogens is 1. The number of benzene rings is 1. The van der Waals surface area contributed by atoms with Gasteiger partial charge in [-0.05, 0) is 52.0 Å². The first kappa shape index (κ1) is 20.1. The molecule has 1 aliphatic heterocycles. The van der Waals surface area contributed by atoms with Gasteiger partial charge in [0.15, 0.2) is 0 Å². The number of halogens is 1. The average Bonchev–Trinajstić information content (AvgIpc) is 2.95. The first-order chi connectivity index (χ1) is 12.8. The maximum Gasteiger partial charge on any atom is 0.253 e. The lowest BCUT2D eigenvalue weighted by atomic mass is 10.0. The summed E-state index contributed by atoms with van der Waals surface area (Å²) in [5.41, 5.74) is 3.67. The van der Waals surface area contributed by atoms with Gasteiger partial charge in [-0.3, -0.25) is 9.69 Å². The molecule has 1 amide bonds. The Labute approximate surface area is 169 Å². The third-order valence-electron chi connectivity index (χ3n) is 5.29. The lowest BCUT2D eigenvalue weighted by Gasteiger charge is -2.40. The molecule has 1 fully saturated rings. The zero-order valence-electron chi connectivity index (χ0n) is 16.5. The highest BCUT2D eigenvalue weighted by Crippen LogP contribution is 2.23.